The summed E-state index contributed by atoms with van der Waals surface area (Å²) in [6, 6.07) is 0. The van der Waals surface area contributed by atoms with E-state index in [9.17, 15) is 0 Å². The topological polar surface area (TPSA) is 24.7 Å². The maximum absolute atomic E-state index is 7.35. The summed E-state index contributed by atoms with van der Waals surface area (Å²) >= 11 is 3.69. The smallest absolute Gasteiger partial charge is 0.0502 e. The molecule has 2 nitrogen and oxygen atoms in total. The number of nitrogens with zero attached hydrogens (tertiary/aromatic N) is 2. The van der Waals surface area contributed by atoms with Crippen molar-refractivity contribution in [3.8, 4) is 0 Å². The van der Waals surface area contributed by atoms with Crippen molar-refractivity contribution in [2.45, 2.75) is 12.8 Å². The molecule has 9 heavy (non-hydrogen) atoms. The van der Waals surface area contributed by atoms with Gasteiger partial charge in [0.05, 0.1) is 2.87 Å². The van der Waals surface area contributed by atoms with Crippen LogP contribution in [0.5, 0.6) is 0 Å². The van der Waals surface area contributed by atoms with Crippen LogP contribution < -0.4 is 0 Å². The van der Waals surface area contributed by atoms with Gasteiger partial charge in [0.15, 0.2) is 0 Å². The maximum Gasteiger partial charge on any atom is 0.366 e. The summed E-state index contributed by atoms with van der Waals surface area (Å²) < 4.78 is 12.5. The van der Waals surface area contributed by atoms with Crippen molar-refractivity contribution in [3.63, 3.8) is 0 Å². The zero-order valence-corrected chi connectivity index (χ0v) is 8.62. The van der Waals surface area contributed by atoms with Crippen LogP contribution in [-0.4, -0.2) is 10.3 Å². The molecule has 5 heteroatoms. The van der Waals surface area contributed by atoms with E-state index in [4.69, 9.17) is 1.28 Å². The lowest BCUT2D eigenvalue weighted by Gasteiger charge is -1.88. The van der Waals surface area contributed by atoms with Gasteiger partial charge in [-0.15, -0.1) is 0 Å². The highest BCUT2D eigenvalue weighted by Crippen LogP contribution is 2.09. The molecule has 0 aromatic rings. The standard InChI is InChI=1S/C4H6IN2PS/c5-4-2-1-3-8-6-7-9-4/h1-3H2/p+1/i/hT. The second kappa shape index (κ2) is 4.52. The second-order valence-corrected chi connectivity index (χ2v) is 5.37. The summed E-state index contributed by atoms with van der Waals surface area (Å²) in [5.74, 6) is 0. The van der Waals surface area contributed by atoms with Gasteiger partial charge in [-0.2, -0.15) is 0 Å². The highest BCUT2D eigenvalue weighted by atomic mass is 127. The molecule has 0 radical (unpaired) electrons. The second-order valence-electron chi connectivity index (χ2n) is 1.59. The van der Waals surface area contributed by atoms with Gasteiger partial charge in [0.2, 0.25) is 8.32 Å². The Morgan fingerprint density at radius 2 is 2.78 bits per heavy atom. The molecule has 0 N–H and O–H groups in total. The normalized spacial score (nSPS) is 27.9. The molecule has 0 aromatic carbocycles. The summed E-state index contributed by atoms with van der Waals surface area (Å²) in [5.41, 5.74) is 0. The monoisotopic (exact) mass is 275 g/mol. The predicted molar refractivity (Wildman–Crippen MR) is 53.7 cm³/mol. The molecule has 1 aliphatic rings. The largest absolute Gasteiger partial charge is 0.366 e. The van der Waals surface area contributed by atoms with Crippen molar-refractivity contribution in [1.82, 2.24) is 0 Å². The van der Waals surface area contributed by atoms with Crippen LogP contribution in [0.15, 0.2) is 9.33 Å². The van der Waals surface area contributed by atoms with Crippen molar-refractivity contribution in [3.05, 3.63) is 0 Å². The van der Waals surface area contributed by atoms with E-state index in [2.05, 4.69) is 31.9 Å². The van der Waals surface area contributed by atoms with Crippen LogP contribution in [0.2, 0.25) is 0 Å². The van der Waals surface area contributed by atoms with Crippen molar-refractivity contribution in [2.75, 3.05) is 6.16 Å². The Morgan fingerprint density at radius 1 is 1.89 bits per heavy atom. The van der Waals surface area contributed by atoms with E-state index in [-0.39, 0.29) is 0 Å². The summed E-state index contributed by atoms with van der Waals surface area (Å²) in [7, 11) is -0.884. The summed E-state index contributed by atoms with van der Waals surface area (Å²) in [5, 5.41) is 0. The molecule has 0 saturated heterocycles. The van der Waals surface area contributed by atoms with Gasteiger partial charge in [-0.1, -0.05) is 4.47 Å². The lowest BCUT2D eigenvalue weighted by atomic mass is 10.4. The molecular weight excluding hydrogens is 266 g/mol. The molecule has 0 saturated carbocycles. The fraction of sp³-hybridized carbons (Fsp3) is 0.750. The zero-order chi connectivity index (χ0) is 7.40. The first-order valence-corrected chi connectivity index (χ1v) is 5.53. The quantitative estimate of drug-likeness (QED) is 0.281. The molecule has 1 unspecified atom stereocenters. The number of rotatable bonds is 0. The average molecular weight is 275 g/mol. The highest BCUT2D eigenvalue weighted by Gasteiger charge is 1.96. The van der Waals surface area contributed by atoms with Gasteiger partial charge < -0.3 is 0 Å². The molecule has 0 aromatic heterocycles. The number of hydrogen-bond acceptors (Lipinski definition) is 2. The Labute approximate surface area is 74.4 Å². The molecule has 1 atom stereocenters. The minimum Gasteiger partial charge on any atom is -0.0502 e. The van der Waals surface area contributed by atoms with Gasteiger partial charge in [0, 0.05) is 4.85 Å². The lowest BCUT2D eigenvalue weighted by Crippen LogP contribution is -1.86. The van der Waals surface area contributed by atoms with Crippen LogP contribution in [0.4, 0.5) is 0 Å². The van der Waals surface area contributed by atoms with E-state index in [0.29, 0.717) is 0 Å². The minimum absolute atomic E-state index is 0.884. The summed E-state index contributed by atoms with van der Waals surface area (Å²) in [6.45, 7) is 0. The van der Waals surface area contributed by atoms with Crippen molar-refractivity contribution >= 4 is 44.9 Å². The average Bonchev–Trinajstić information content (AvgIpc) is 1.84. The maximum atomic E-state index is 7.35. The molecule has 0 aliphatic carbocycles. The molecule has 0 fully saturated rings. The van der Waals surface area contributed by atoms with Gasteiger partial charge in [-0.25, -0.2) is 0 Å². The van der Waals surface area contributed by atoms with Crippen LogP contribution >= 0.6 is 30.9 Å². The Hall–Kier alpha value is 0.720. The molecule has 1 heterocycles. The number of halogens is 1. The molecule has 0 amide bonds. The summed E-state index contributed by atoms with van der Waals surface area (Å²) in [6.07, 6.45) is 3.09. The zero-order valence-electron chi connectivity index (χ0n) is 5.75. The summed E-state index contributed by atoms with van der Waals surface area (Å²) in [4.78, 5) is 3.83. The Bertz CT molecular complexity index is 223. The van der Waals surface area contributed by atoms with Gasteiger partial charge in [0.25, 0.3) is 0 Å². The van der Waals surface area contributed by atoms with Crippen LogP contribution in [0, 0.1) is 0 Å². The molecule has 1 rings (SSSR count). The predicted octanol–water partition coefficient (Wildman–Crippen LogP) is 2.39. The van der Waals surface area contributed by atoms with E-state index in [1.54, 1.807) is 0 Å². The third kappa shape index (κ3) is 3.43. The third-order valence-electron chi connectivity index (χ3n) is 0.871. The first-order chi connectivity index (χ1) is 4.79. The SMILES string of the molecule is [3H]/[P+]1=N\N=S=C(I)CCC1. The lowest BCUT2D eigenvalue weighted by molar-refractivity contribution is 1.03. The number of hydrogen-bond donors (Lipinski definition) is 0. The van der Waals surface area contributed by atoms with Crippen LogP contribution in [0.1, 0.15) is 12.8 Å². The van der Waals surface area contributed by atoms with Gasteiger partial charge in [0.1, 0.15) is 6.16 Å². The van der Waals surface area contributed by atoms with Crippen LogP contribution in [0.3, 0.4) is 0 Å². The van der Waals surface area contributed by atoms with Gasteiger partial charge >= 0.3 is 1.28 Å². The van der Waals surface area contributed by atoms with E-state index < -0.39 is 8.32 Å². The van der Waals surface area contributed by atoms with Crippen LogP contribution in [0.25, 0.3) is 0 Å². The first-order valence-electron chi connectivity index (χ1n) is 3.09. The highest BCUT2D eigenvalue weighted by molar-refractivity contribution is 14.1. The fourth-order valence-electron chi connectivity index (χ4n) is 0.467. The third-order valence-corrected chi connectivity index (χ3v) is 3.42. The minimum atomic E-state index is -0.884. The van der Waals surface area contributed by atoms with Crippen molar-refractivity contribution in [1.29, 1.82) is 1.28 Å². The van der Waals surface area contributed by atoms with Gasteiger partial charge in [-0.05, 0) is 46.6 Å². The Kier molecular flexibility index (Phi) is 3.23. The van der Waals surface area contributed by atoms with E-state index in [1.807, 2.05) is 0 Å². The van der Waals surface area contributed by atoms with Gasteiger partial charge in [-0.3, -0.25) is 0 Å². The van der Waals surface area contributed by atoms with E-state index in [0.717, 1.165) is 19.0 Å². The molecule has 1 aliphatic heterocycles. The Balaban J connectivity index is 2.77. The first kappa shape index (κ1) is 6.43. The van der Waals surface area contributed by atoms with Crippen molar-refractivity contribution in [2.24, 2.45) is 9.33 Å². The molecular formula is C4H7IN2PS+. The molecule has 50 valence electrons. The fourth-order valence-corrected chi connectivity index (χ4v) is 2.18. The van der Waals surface area contributed by atoms with E-state index in [1.165, 1.54) is 14.0 Å². The van der Waals surface area contributed by atoms with E-state index >= 15 is 0 Å². The Morgan fingerprint density at radius 3 is 3.67 bits per heavy atom. The molecule has 0 bridgehead atoms. The van der Waals surface area contributed by atoms with Crippen molar-refractivity contribution < 1.29 is 0 Å². The van der Waals surface area contributed by atoms with Crippen LogP contribution in [-0.2, 0) is 11.1 Å². The molecule has 0 spiro atoms.